The molecule has 1 aromatic carbocycles. The van der Waals surface area contributed by atoms with Crippen LogP contribution in [0, 0.1) is 0 Å². The normalized spacial score (nSPS) is 10.5. The van der Waals surface area contributed by atoms with E-state index in [4.69, 9.17) is 0 Å². The van der Waals surface area contributed by atoms with Crippen LogP contribution < -0.4 is 0 Å². The Bertz CT molecular complexity index is 405. The van der Waals surface area contributed by atoms with E-state index in [1.165, 1.54) is 13.0 Å². The van der Waals surface area contributed by atoms with E-state index in [1.807, 2.05) is 0 Å². The molecule has 0 aliphatic rings. The van der Waals surface area contributed by atoms with Crippen molar-refractivity contribution in [1.82, 2.24) is 0 Å². The molecule has 0 unspecified atom stereocenters. The van der Waals surface area contributed by atoms with E-state index in [1.54, 1.807) is 24.3 Å². The van der Waals surface area contributed by atoms with Gasteiger partial charge in [0.2, 0.25) is 0 Å². The van der Waals surface area contributed by atoms with Crippen molar-refractivity contribution in [1.29, 1.82) is 0 Å². The molecule has 0 aliphatic carbocycles. The fourth-order valence-corrected chi connectivity index (χ4v) is 1.20. The zero-order valence-electron chi connectivity index (χ0n) is 8.43. The highest BCUT2D eigenvalue weighted by molar-refractivity contribution is 5.97. The number of aromatic hydroxyl groups is 1. The predicted octanol–water partition coefficient (Wildman–Crippen LogP) is 2.20. The average molecular weight is 204 g/mol. The fourth-order valence-electron chi connectivity index (χ4n) is 1.20. The molecule has 0 radical (unpaired) electrons. The first-order valence-electron chi connectivity index (χ1n) is 4.59. The summed E-state index contributed by atoms with van der Waals surface area (Å²) >= 11 is 0. The van der Waals surface area contributed by atoms with Gasteiger partial charge in [0.25, 0.3) is 0 Å². The van der Waals surface area contributed by atoms with Gasteiger partial charge in [0.05, 0.1) is 5.56 Å². The van der Waals surface area contributed by atoms with Crippen molar-refractivity contribution in [2.75, 3.05) is 0 Å². The molecule has 0 heterocycles. The molecule has 1 rings (SSSR count). The van der Waals surface area contributed by atoms with Crippen molar-refractivity contribution in [3.05, 3.63) is 35.4 Å². The van der Waals surface area contributed by atoms with Crippen LogP contribution in [0.15, 0.2) is 24.3 Å². The van der Waals surface area contributed by atoms with Crippen LogP contribution in [0.4, 0.5) is 0 Å². The van der Waals surface area contributed by atoms with E-state index < -0.39 is 0 Å². The summed E-state index contributed by atoms with van der Waals surface area (Å²) in [6.07, 6.45) is 4.57. The lowest BCUT2D eigenvalue weighted by Gasteiger charge is -2.01. The number of ketones is 1. The molecule has 3 heteroatoms. The molecular formula is C12H12O3. The number of hydrogen-bond acceptors (Lipinski definition) is 3. The van der Waals surface area contributed by atoms with Gasteiger partial charge in [0, 0.05) is 6.42 Å². The first-order valence-corrected chi connectivity index (χ1v) is 4.59. The van der Waals surface area contributed by atoms with Crippen LogP contribution in [-0.4, -0.2) is 17.2 Å². The summed E-state index contributed by atoms with van der Waals surface area (Å²) in [4.78, 5) is 21.2. The van der Waals surface area contributed by atoms with Crippen LogP contribution in [0.1, 0.15) is 29.3 Å². The van der Waals surface area contributed by atoms with E-state index in [2.05, 4.69) is 0 Å². The average Bonchev–Trinajstić information content (AvgIpc) is 2.20. The van der Waals surface area contributed by atoms with E-state index in [0.717, 1.165) is 11.8 Å². The second-order valence-corrected chi connectivity index (χ2v) is 3.14. The summed E-state index contributed by atoms with van der Waals surface area (Å²) in [5.41, 5.74) is 1.09. The van der Waals surface area contributed by atoms with Crippen molar-refractivity contribution < 1.29 is 14.7 Å². The van der Waals surface area contributed by atoms with Crippen molar-refractivity contribution in [2.24, 2.45) is 0 Å². The monoisotopic (exact) mass is 204 g/mol. The summed E-state index contributed by atoms with van der Waals surface area (Å²) in [5, 5.41) is 9.38. The Labute approximate surface area is 88.0 Å². The lowest BCUT2D eigenvalue weighted by Crippen LogP contribution is -1.92. The predicted molar refractivity (Wildman–Crippen MR) is 57.8 cm³/mol. The van der Waals surface area contributed by atoms with Crippen molar-refractivity contribution in [2.45, 2.75) is 13.3 Å². The Morgan fingerprint density at radius 2 is 2.20 bits per heavy atom. The van der Waals surface area contributed by atoms with Gasteiger partial charge < -0.3 is 9.90 Å². The minimum absolute atomic E-state index is 0.0185. The van der Waals surface area contributed by atoms with Gasteiger partial charge in [-0.1, -0.05) is 18.2 Å². The molecule has 0 saturated carbocycles. The highest BCUT2D eigenvalue weighted by atomic mass is 16.3. The number of phenols is 1. The van der Waals surface area contributed by atoms with Crippen LogP contribution in [0.5, 0.6) is 5.75 Å². The third-order valence-corrected chi connectivity index (χ3v) is 1.94. The molecule has 0 fully saturated rings. The first-order chi connectivity index (χ1) is 7.15. The second-order valence-electron chi connectivity index (χ2n) is 3.14. The molecule has 78 valence electrons. The Morgan fingerprint density at radius 3 is 2.80 bits per heavy atom. The number of carbonyl (C=O) groups excluding carboxylic acids is 2. The van der Waals surface area contributed by atoms with Crippen LogP contribution in [0.25, 0.3) is 6.08 Å². The molecule has 0 aliphatic heterocycles. The molecule has 0 aromatic heterocycles. The molecule has 0 atom stereocenters. The van der Waals surface area contributed by atoms with Gasteiger partial charge in [-0.25, -0.2) is 0 Å². The summed E-state index contributed by atoms with van der Waals surface area (Å²) in [6, 6.07) is 4.75. The molecule has 1 aromatic rings. The maximum absolute atomic E-state index is 11.1. The summed E-state index contributed by atoms with van der Waals surface area (Å²) in [7, 11) is 0. The highest BCUT2D eigenvalue weighted by Crippen LogP contribution is 2.19. The molecule has 15 heavy (non-hydrogen) atoms. The quantitative estimate of drug-likeness (QED) is 0.604. The Morgan fingerprint density at radius 1 is 1.47 bits per heavy atom. The van der Waals surface area contributed by atoms with E-state index in [0.29, 0.717) is 12.0 Å². The topological polar surface area (TPSA) is 54.4 Å². The molecule has 1 N–H and O–H groups in total. The maximum Gasteiger partial charge on any atom is 0.163 e. The third kappa shape index (κ3) is 3.06. The lowest BCUT2D eigenvalue weighted by molar-refractivity contribution is -0.107. The first kappa shape index (κ1) is 11.2. The lowest BCUT2D eigenvalue weighted by atomic mass is 10.1. The number of benzene rings is 1. The largest absolute Gasteiger partial charge is 0.507 e. The van der Waals surface area contributed by atoms with Crippen LogP contribution in [0.3, 0.4) is 0 Å². The summed E-state index contributed by atoms with van der Waals surface area (Å²) < 4.78 is 0. The number of carbonyl (C=O) groups is 2. The maximum atomic E-state index is 11.1. The third-order valence-electron chi connectivity index (χ3n) is 1.94. The smallest absolute Gasteiger partial charge is 0.163 e. The van der Waals surface area contributed by atoms with E-state index in [-0.39, 0.29) is 11.5 Å². The van der Waals surface area contributed by atoms with E-state index in [9.17, 15) is 14.7 Å². The second kappa shape index (κ2) is 5.10. The molecular weight excluding hydrogens is 192 g/mol. The Balaban J connectivity index is 2.97. The molecule has 3 nitrogen and oxygen atoms in total. The highest BCUT2D eigenvalue weighted by Gasteiger charge is 2.05. The Hall–Kier alpha value is -1.90. The number of allylic oxidation sites excluding steroid dienone is 1. The Kier molecular flexibility index (Phi) is 3.80. The van der Waals surface area contributed by atoms with Gasteiger partial charge in [-0.2, -0.15) is 0 Å². The molecule has 0 amide bonds. The van der Waals surface area contributed by atoms with Gasteiger partial charge in [-0.15, -0.1) is 0 Å². The van der Waals surface area contributed by atoms with Crippen molar-refractivity contribution >= 4 is 18.1 Å². The fraction of sp³-hybridized carbons (Fsp3) is 0.167. The standard InChI is InChI=1S/C12H12O3/c1-9(14)11-8-10(4-2-3-7-13)5-6-12(11)15/h2,4-8,15H,3H2,1H3. The van der Waals surface area contributed by atoms with Gasteiger partial charge >= 0.3 is 0 Å². The van der Waals surface area contributed by atoms with Crippen LogP contribution >= 0.6 is 0 Å². The van der Waals surface area contributed by atoms with Crippen molar-refractivity contribution in [3.8, 4) is 5.75 Å². The summed E-state index contributed by atoms with van der Waals surface area (Å²) in [6.45, 7) is 1.40. The minimum Gasteiger partial charge on any atom is -0.507 e. The summed E-state index contributed by atoms with van der Waals surface area (Å²) in [5.74, 6) is -0.201. The molecule has 0 spiro atoms. The van der Waals surface area contributed by atoms with Gasteiger partial charge in [-0.3, -0.25) is 4.79 Å². The molecule has 0 saturated heterocycles. The van der Waals surface area contributed by atoms with Crippen LogP contribution in [-0.2, 0) is 4.79 Å². The van der Waals surface area contributed by atoms with Crippen molar-refractivity contribution in [3.63, 3.8) is 0 Å². The SMILES string of the molecule is CC(=O)c1cc(C=CCC=O)ccc1O. The minimum atomic E-state index is -0.182. The van der Waals surface area contributed by atoms with E-state index >= 15 is 0 Å². The van der Waals surface area contributed by atoms with Gasteiger partial charge in [0.15, 0.2) is 5.78 Å². The number of phenolic OH excluding ortho intramolecular Hbond substituents is 1. The zero-order valence-corrected chi connectivity index (χ0v) is 8.43. The number of aldehydes is 1. The van der Waals surface area contributed by atoms with Gasteiger partial charge in [-0.05, 0) is 24.6 Å². The van der Waals surface area contributed by atoms with Gasteiger partial charge in [0.1, 0.15) is 12.0 Å². The number of Topliss-reactive ketones (excluding diaryl/α,β-unsaturated/α-hetero) is 1. The molecule has 0 bridgehead atoms. The van der Waals surface area contributed by atoms with Crippen LogP contribution in [0.2, 0.25) is 0 Å². The number of rotatable bonds is 4. The zero-order chi connectivity index (χ0) is 11.3. The number of hydrogen-bond donors (Lipinski definition) is 1.